The van der Waals surface area contributed by atoms with Crippen molar-refractivity contribution in [1.82, 2.24) is 24.8 Å². The van der Waals surface area contributed by atoms with Gasteiger partial charge < -0.3 is 19.9 Å². The Morgan fingerprint density at radius 1 is 1.33 bits per heavy atom. The van der Waals surface area contributed by atoms with Gasteiger partial charge in [-0.2, -0.15) is 0 Å². The molecule has 24 heavy (non-hydrogen) atoms. The molecule has 0 unspecified atom stereocenters. The van der Waals surface area contributed by atoms with Gasteiger partial charge in [0.1, 0.15) is 18.0 Å². The summed E-state index contributed by atoms with van der Waals surface area (Å²) < 4.78 is 1.82. The number of imidazole rings is 1. The van der Waals surface area contributed by atoms with Gasteiger partial charge in [0.05, 0.1) is 6.54 Å². The maximum Gasteiger partial charge on any atom is 0.240 e. The molecule has 1 saturated heterocycles. The van der Waals surface area contributed by atoms with E-state index in [2.05, 4.69) is 20.3 Å². The van der Waals surface area contributed by atoms with E-state index in [0.29, 0.717) is 25.5 Å². The molecule has 1 atom stereocenters. The van der Waals surface area contributed by atoms with Gasteiger partial charge in [-0.25, -0.2) is 15.0 Å². The number of carbonyl (C=O) groups is 1. The van der Waals surface area contributed by atoms with E-state index in [1.807, 2.05) is 16.4 Å². The number of aromatic nitrogens is 4. The summed E-state index contributed by atoms with van der Waals surface area (Å²) in [5, 5.41) is 13.5. The summed E-state index contributed by atoms with van der Waals surface area (Å²) in [6, 6.07) is 1.76. The molecule has 128 valence electrons. The summed E-state index contributed by atoms with van der Waals surface area (Å²) in [4.78, 5) is 26.6. The van der Waals surface area contributed by atoms with E-state index in [1.165, 1.54) is 0 Å². The van der Waals surface area contributed by atoms with Crippen molar-refractivity contribution in [3.63, 3.8) is 0 Å². The smallest absolute Gasteiger partial charge is 0.240 e. The van der Waals surface area contributed by atoms with Crippen LogP contribution in [0.15, 0.2) is 30.9 Å². The zero-order chi connectivity index (χ0) is 17.0. The van der Waals surface area contributed by atoms with Crippen LogP contribution < -0.4 is 10.2 Å². The zero-order valence-electron chi connectivity index (χ0n) is 13.7. The second-order valence-corrected chi connectivity index (χ2v) is 6.05. The van der Waals surface area contributed by atoms with E-state index in [-0.39, 0.29) is 19.0 Å². The lowest BCUT2D eigenvalue weighted by atomic mass is 10.0. The highest BCUT2D eigenvalue weighted by Crippen LogP contribution is 2.23. The van der Waals surface area contributed by atoms with E-state index in [1.54, 1.807) is 30.9 Å². The molecule has 3 heterocycles. The molecular weight excluding hydrogens is 308 g/mol. The van der Waals surface area contributed by atoms with Crippen LogP contribution in [0.1, 0.15) is 19.2 Å². The van der Waals surface area contributed by atoms with Gasteiger partial charge in [-0.1, -0.05) is 6.92 Å². The first-order valence-corrected chi connectivity index (χ1v) is 8.11. The fourth-order valence-electron chi connectivity index (χ4n) is 2.90. The molecule has 0 radical (unpaired) electrons. The van der Waals surface area contributed by atoms with E-state index < -0.39 is 5.60 Å². The molecule has 0 bridgehead atoms. The number of nitrogens with zero attached hydrogens (tertiary/aromatic N) is 5. The van der Waals surface area contributed by atoms with Crippen LogP contribution in [0, 0.1) is 0 Å². The Morgan fingerprint density at radius 2 is 2.12 bits per heavy atom. The van der Waals surface area contributed by atoms with Crippen LogP contribution in [0.5, 0.6) is 0 Å². The number of aryl methyl sites for hydroxylation is 1. The lowest BCUT2D eigenvalue weighted by molar-refractivity contribution is -0.122. The lowest BCUT2D eigenvalue weighted by Gasteiger charge is -2.23. The Kier molecular flexibility index (Phi) is 4.75. The van der Waals surface area contributed by atoms with Crippen molar-refractivity contribution in [2.45, 2.75) is 31.9 Å². The Balaban J connectivity index is 1.52. The molecule has 1 aliphatic rings. The Morgan fingerprint density at radius 3 is 2.88 bits per heavy atom. The van der Waals surface area contributed by atoms with Gasteiger partial charge in [-0.05, 0) is 12.5 Å². The maximum atomic E-state index is 12.1. The number of aliphatic hydroxyl groups is 1. The number of amides is 1. The number of anilines is 1. The first kappa shape index (κ1) is 16.4. The predicted molar refractivity (Wildman–Crippen MR) is 88.4 cm³/mol. The van der Waals surface area contributed by atoms with Gasteiger partial charge >= 0.3 is 0 Å². The largest absolute Gasteiger partial charge is 0.386 e. The fraction of sp³-hybridized carbons (Fsp3) is 0.500. The SMILES string of the molecule is CCc1nccn1CC(=O)NC[C@@]1(O)CCN(c2ncccn2)C1. The first-order valence-electron chi connectivity index (χ1n) is 8.11. The summed E-state index contributed by atoms with van der Waals surface area (Å²) in [7, 11) is 0. The average Bonchev–Trinajstić information content (AvgIpc) is 3.21. The van der Waals surface area contributed by atoms with E-state index in [4.69, 9.17) is 0 Å². The van der Waals surface area contributed by atoms with Crippen LogP contribution in [0.4, 0.5) is 5.95 Å². The van der Waals surface area contributed by atoms with Gasteiger partial charge in [0, 0.05) is 44.3 Å². The molecule has 8 heteroatoms. The predicted octanol–water partition coefficient (Wildman–Crippen LogP) is -0.00690. The van der Waals surface area contributed by atoms with Crippen molar-refractivity contribution in [2.24, 2.45) is 0 Å². The highest BCUT2D eigenvalue weighted by Gasteiger charge is 2.37. The summed E-state index contributed by atoms with van der Waals surface area (Å²) >= 11 is 0. The molecular formula is C16H22N6O2. The average molecular weight is 330 g/mol. The zero-order valence-corrected chi connectivity index (χ0v) is 13.7. The molecule has 2 aromatic rings. The number of nitrogens with one attached hydrogen (secondary N) is 1. The summed E-state index contributed by atoms with van der Waals surface area (Å²) in [5.74, 6) is 1.34. The molecule has 2 N–H and O–H groups in total. The quantitative estimate of drug-likeness (QED) is 0.773. The van der Waals surface area contributed by atoms with Crippen molar-refractivity contribution in [1.29, 1.82) is 0 Å². The van der Waals surface area contributed by atoms with Crippen LogP contribution in [-0.4, -0.2) is 55.8 Å². The molecule has 2 aromatic heterocycles. The minimum absolute atomic E-state index is 0.134. The van der Waals surface area contributed by atoms with Gasteiger partial charge in [0.25, 0.3) is 0 Å². The summed E-state index contributed by atoms with van der Waals surface area (Å²) in [6.07, 6.45) is 8.18. The van der Waals surface area contributed by atoms with Crippen molar-refractivity contribution < 1.29 is 9.90 Å². The van der Waals surface area contributed by atoms with Gasteiger partial charge in [0.2, 0.25) is 11.9 Å². The van der Waals surface area contributed by atoms with Crippen molar-refractivity contribution >= 4 is 11.9 Å². The molecule has 0 saturated carbocycles. The van der Waals surface area contributed by atoms with Gasteiger partial charge in [-0.15, -0.1) is 0 Å². The van der Waals surface area contributed by atoms with Crippen LogP contribution in [0.25, 0.3) is 0 Å². The Hall–Kier alpha value is -2.48. The standard InChI is InChI=1S/C16H22N6O2/c1-2-13-17-7-9-21(13)10-14(23)20-11-16(24)4-8-22(12-16)15-18-5-3-6-19-15/h3,5-7,9,24H,2,4,8,10-12H2,1H3,(H,20,23)/t16-/m0/s1. The van der Waals surface area contributed by atoms with E-state index >= 15 is 0 Å². The highest BCUT2D eigenvalue weighted by molar-refractivity contribution is 5.75. The second kappa shape index (κ2) is 6.96. The van der Waals surface area contributed by atoms with Crippen LogP contribution in [-0.2, 0) is 17.8 Å². The van der Waals surface area contributed by atoms with Gasteiger partial charge in [0.15, 0.2) is 0 Å². The number of hydrogen-bond acceptors (Lipinski definition) is 6. The number of carbonyl (C=O) groups excluding carboxylic acids is 1. The molecule has 0 aromatic carbocycles. The molecule has 8 nitrogen and oxygen atoms in total. The summed E-state index contributed by atoms with van der Waals surface area (Å²) in [6.45, 7) is 3.49. The van der Waals surface area contributed by atoms with Crippen molar-refractivity contribution in [3.05, 3.63) is 36.7 Å². The minimum atomic E-state index is -0.961. The number of hydrogen-bond donors (Lipinski definition) is 2. The third-order valence-corrected chi connectivity index (χ3v) is 4.21. The molecule has 1 fully saturated rings. The third kappa shape index (κ3) is 3.70. The van der Waals surface area contributed by atoms with E-state index in [0.717, 1.165) is 12.2 Å². The highest BCUT2D eigenvalue weighted by atomic mass is 16.3. The van der Waals surface area contributed by atoms with Crippen LogP contribution in [0.3, 0.4) is 0 Å². The molecule has 0 aliphatic carbocycles. The Bertz CT molecular complexity index is 689. The normalized spacial score (nSPS) is 20.3. The minimum Gasteiger partial charge on any atom is -0.386 e. The lowest BCUT2D eigenvalue weighted by Crippen LogP contribution is -2.46. The molecule has 1 amide bonds. The molecule has 3 rings (SSSR count). The number of β-amino-alcohol motifs (C(OH)–C–C–N with tert-alkyl or cyclic N) is 1. The van der Waals surface area contributed by atoms with Crippen molar-refractivity contribution in [2.75, 3.05) is 24.5 Å². The van der Waals surface area contributed by atoms with Crippen LogP contribution >= 0.6 is 0 Å². The summed E-state index contributed by atoms with van der Waals surface area (Å²) in [5.41, 5.74) is -0.961. The first-order chi connectivity index (χ1) is 11.6. The fourth-order valence-corrected chi connectivity index (χ4v) is 2.90. The van der Waals surface area contributed by atoms with Crippen LogP contribution in [0.2, 0.25) is 0 Å². The topological polar surface area (TPSA) is 96.2 Å². The second-order valence-electron chi connectivity index (χ2n) is 6.05. The Labute approximate surface area is 140 Å². The van der Waals surface area contributed by atoms with E-state index in [9.17, 15) is 9.90 Å². The van der Waals surface area contributed by atoms with Gasteiger partial charge in [-0.3, -0.25) is 4.79 Å². The molecule has 0 spiro atoms. The number of rotatable bonds is 6. The van der Waals surface area contributed by atoms with Crippen molar-refractivity contribution in [3.8, 4) is 0 Å². The monoisotopic (exact) mass is 330 g/mol. The maximum absolute atomic E-state index is 12.1. The molecule has 1 aliphatic heterocycles. The third-order valence-electron chi connectivity index (χ3n) is 4.21.